The molecule has 0 aliphatic carbocycles. The summed E-state index contributed by atoms with van der Waals surface area (Å²) in [5, 5.41) is 16.1. The number of nitrogens with zero attached hydrogens (tertiary/aromatic N) is 2. The number of aromatic nitrogens is 1. The van der Waals surface area contributed by atoms with Gasteiger partial charge in [0.2, 0.25) is 0 Å². The molecule has 0 aliphatic heterocycles. The van der Waals surface area contributed by atoms with E-state index in [9.17, 15) is 14.7 Å². The van der Waals surface area contributed by atoms with E-state index in [1.807, 2.05) is 24.3 Å². The Hall–Kier alpha value is -3.41. The number of rotatable bonds is 3. The van der Waals surface area contributed by atoms with Crippen LogP contribution in [0.15, 0.2) is 52.4 Å². The van der Waals surface area contributed by atoms with Gasteiger partial charge in [-0.05, 0) is 42.3 Å². The van der Waals surface area contributed by atoms with Crippen molar-refractivity contribution in [1.29, 1.82) is 0 Å². The number of amides is 1. The highest BCUT2D eigenvalue weighted by Crippen LogP contribution is 2.25. The van der Waals surface area contributed by atoms with Crippen LogP contribution >= 0.6 is 0 Å². The van der Waals surface area contributed by atoms with Gasteiger partial charge in [0.1, 0.15) is 11.3 Å². The maximum atomic E-state index is 12.5. The number of aryl methyl sites for hydroxylation is 2. The van der Waals surface area contributed by atoms with Crippen LogP contribution in [0.3, 0.4) is 0 Å². The average Bonchev–Trinajstić information content (AvgIpc) is 2.55. The second-order valence-electron chi connectivity index (χ2n) is 5.79. The van der Waals surface area contributed by atoms with Crippen molar-refractivity contribution >= 4 is 22.9 Å². The second-order valence-corrected chi connectivity index (χ2v) is 5.79. The molecule has 0 aliphatic rings. The summed E-state index contributed by atoms with van der Waals surface area (Å²) in [4.78, 5) is 24.0. The highest BCUT2D eigenvalue weighted by molar-refractivity contribution is 6.02. The van der Waals surface area contributed by atoms with Crippen LogP contribution in [-0.2, 0) is 0 Å². The molecule has 0 spiro atoms. The molecule has 0 fully saturated rings. The number of fused-ring (bicyclic) bond motifs is 1. The molecule has 0 bridgehead atoms. The van der Waals surface area contributed by atoms with E-state index in [4.69, 9.17) is 5.73 Å². The number of benzene rings is 2. The lowest BCUT2D eigenvalue weighted by Crippen LogP contribution is -2.30. The standard InChI is InChI=1S/C19H17N3O3/c1-11-9-12(2)22(19(25)17(11)18(20)24)21-10-15-14-6-4-3-5-13(14)7-8-16(15)23/h3-10,23H,1-2H3,(H2,20,24)/b21-10+. The van der Waals surface area contributed by atoms with Gasteiger partial charge in [-0.1, -0.05) is 30.3 Å². The number of hydrogen-bond donors (Lipinski definition) is 2. The Balaban J connectivity index is 2.19. The molecule has 0 saturated carbocycles. The molecule has 0 radical (unpaired) electrons. The molecule has 1 amide bonds. The van der Waals surface area contributed by atoms with E-state index in [1.165, 1.54) is 6.21 Å². The Labute approximate surface area is 143 Å². The van der Waals surface area contributed by atoms with Gasteiger partial charge in [-0.15, -0.1) is 0 Å². The number of phenols is 1. The first-order valence-electron chi connectivity index (χ1n) is 7.68. The fourth-order valence-electron chi connectivity index (χ4n) is 2.86. The molecular formula is C19H17N3O3. The van der Waals surface area contributed by atoms with Crippen molar-refractivity contribution in [3.05, 3.63) is 75.2 Å². The Bertz CT molecular complexity index is 1080. The molecule has 1 aromatic heterocycles. The molecule has 25 heavy (non-hydrogen) atoms. The lowest BCUT2D eigenvalue weighted by molar-refractivity contribution is 0.0997. The third-order valence-electron chi connectivity index (χ3n) is 4.06. The average molecular weight is 335 g/mol. The Kier molecular flexibility index (Phi) is 4.10. The molecule has 6 nitrogen and oxygen atoms in total. The molecule has 3 rings (SSSR count). The maximum Gasteiger partial charge on any atom is 0.284 e. The molecule has 3 aromatic rings. The number of carbonyl (C=O) groups is 1. The van der Waals surface area contributed by atoms with E-state index in [1.54, 1.807) is 32.0 Å². The summed E-state index contributed by atoms with van der Waals surface area (Å²) < 4.78 is 1.11. The topological polar surface area (TPSA) is 97.7 Å². The zero-order valence-corrected chi connectivity index (χ0v) is 13.9. The van der Waals surface area contributed by atoms with Crippen molar-refractivity contribution in [3.8, 4) is 5.75 Å². The zero-order chi connectivity index (χ0) is 18.1. The van der Waals surface area contributed by atoms with E-state index in [0.717, 1.165) is 15.4 Å². The van der Waals surface area contributed by atoms with E-state index in [-0.39, 0.29) is 11.3 Å². The van der Waals surface area contributed by atoms with Crippen molar-refractivity contribution in [2.45, 2.75) is 13.8 Å². The molecule has 0 atom stereocenters. The predicted octanol–water partition coefficient (Wildman–Crippen LogP) is 2.31. The number of carbonyl (C=O) groups excluding carboxylic acids is 1. The van der Waals surface area contributed by atoms with Gasteiger partial charge in [0.25, 0.3) is 11.5 Å². The number of nitrogens with two attached hydrogens (primary N) is 1. The largest absolute Gasteiger partial charge is 0.507 e. The van der Waals surface area contributed by atoms with Gasteiger partial charge >= 0.3 is 0 Å². The van der Waals surface area contributed by atoms with Crippen molar-refractivity contribution in [3.63, 3.8) is 0 Å². The monoisotopic (exact) mass is 335 g/mol. The Morgan fingerprint density at radius 1 is 1.20 bits per heavy atom. The van der Waals surface area contributed by atoms with Gasteiger partial charge in [0, 0.05) is 11.3 Å². The highest BCUT2D eigenvalue weighted by atomic mass is 16.3. The van der Waals surface area contributed by atoms with E-state index in [2.05, 4.69) is 5.10 Å². The number of phenolic OH excluding ortho intramolecular Hbond substituents is 1. The van der Waals surface area contributed by atoms with Crippen molar-refractivity contribution < 1.29 is 9.90 Å². The van der Waals surface area contributed by atoms with Gasteiger partial charge in [0.15, 0.2) is 0 Å². The number of hydrogen-bond acceptors (Lipinski definition) is 4. The number of primary amides is 1. The van der Waals surface area contributed by atoms with Crippen molar-refractivity contribution in [1.82, 2.24) is 4.68 Å². The third-order valence-corrected chi connectivity index (χ3v) is 4.06. The highest BCUT2D eigenvalue weighted by Gasteiger charge is 2.14. The van der Waals surface area contributed by atoms with Crippen LogP contribution in [0.1, 0.15) is 27.2 Å². The van der Waals surface area contributed by atoms with Crippen molar-refractivity contribution in [2.75, 3.05) is 0 Å². The summed E-state index contributed by atoms with van der Waals surface area (Å²) in [7, 11) is 0. The Morgan fingerprint density at radius 3 is 2.64 bits per heavy atom. The van der Waals surface area contributed by atoms with Gasteiger partial charge < -0.3 is 10.8 Å². The SMILES string of the molecule is Cc1cc(C)n(/N=C/c2c(O)ccc3ccccc23)c(=O)c1C(N)=O. The molecule has 2 aromatic carbocycles. The summed E-state index contributed by atoms with van der Waals surface area (Å²) in [6.07, 6.45) is 1.41. The van der Waals surface area contributed by atoms with Crippen LogP contribution in [-0.4, -0.2) is 21.9 Å². The third kappa shape index (κ3) is 2.89. The summed E-state index contributed by atoms with van der Waals surface area (Å²) in [6, 6.07) is 12.6. The minimum absolute atomic E-state index is 0.0513. The molecule has 3 N–H and O–H groups in total. The summed E-state index contributed by atoms with van der Waals surface area (Å²) >= 11 is 0. The lowest BCUT2D eigenvalue weighted by Gasteiger charge is -2.09. The minimum atomic E-state index is -0.792. The first kappa shape index (κ1) is 16.4. The first-order chi connectivity index (χ1) is 11.9. The quantitative estimate of drug-likeness (QED) is 0.719. The zero-order valence-electron chi connectivity index (χ0n) is 13.9. The number of pyridine rings is 1. The van der Waals surface area contributed by atoms with Crippen molar-refractivity contribution in [2.24, 2.45) is 10.8 Å². The van der Waals surface area contributed by atoms with Crippen LogP contribution in [0, 0.1) is 13.8 Å². The Morgan fingerprint density at radius 2 is 1.92 bits per heavy atom. The van der Waals surface area contributed by atoms with Gasteiger partial charge in [-0.25, -0.2) is 4.68 Å². The van der Waals surface area contributed by atoms with Gasteiger partial charge in [-0.3, -0.25) is 9.59 Å². The fraction of sp³-hybridized carbons (Fsp3) is 0.105. The number of aromatic hydroxyl groups is 1. The van der Waals surface area contributed by atoms with Gasteiger partial charge in [-0.2, -0.15) is 5.10 Å². The van der Waals surface area contributed by atoms with E-state index in [0.29, 0.717) is 16.8 Å². The summed E-state index contributed by atoms with van der Waals surface area (Å²) in [6.45, 7) is 3.36. The first-order valence-corrected chi connectivity index (χ1v) is 7.68. The lowest BCUT2D eigenvalue weighted by atomic mass is 10.0. The normalized spacial score (nSPS) is 11.3. The summed E-state index contributed by atoms with van der Waals surface area (Å²) in [5.41, 5.74) is 6.18. The van der Waals surface area contributed by atoms with Gasteiger partial charge in [0.05, 0.1) is 6.21 Å². The summed E-state index contributed by atoms with van der Waals surface area (Å²) in [5.74, 6) is -0.741. The smallest absolute Gasteiger partial charge is 0.284 e. The second kappa shape index (κ2) is 6.24. The molecule has 0 saturated heterocycles. The van der Waals surface area contributed by atoms with Crippen LogP contribution < -0.4 is 11.3 Å². The predicted molar refractivity (Wildman–Crippen MR) is 97.3 cm³/mol. The molecule has 1 heterocycles. The molecule has 126 valence electrons. The van der Waals surface area contributed by atoms with Crippen LogP contribution in [0.5, 0.6) is 5.75 Å². The molecule has 6 heteroatoms. The van der Waals surface area contributed by atoms with Crippen LogP contribution in [0.4, 0.5) is 0 Å². The maximum absolute atomic E-state index is 12.5. The van der Waals surface area contributed by atoms with Crippen LogP contribution in [0.25, 0.3) is 10.8 Å². The minimum Gasteiger partial charge on any atom is -0.507 e. The molecular weight excluding hydrogens is 318 g/mol. The molecule has 0 unspecified atom stereocenters. The van der Waals surface area contributed by atoms with E-state index < -0.39 is 11.5 Å². The van der Waals surface area contributed by atoms with E-state index >= 15 is 0 Å². The van der Waals surface area contributed by atoms with Crippen LogP contribution in [0.2, 0.25) is 0 Å². The fourth-order valence-corrected chi connectivity index (χ4v) is 2.86.